The van der Waals surface area contributed by atoms with Gasteiger partial charge in [0.1, 0.15) is 18.1 Å². The monoisotopic (exact) mass is 446 g/mol. The van der Waals surface area contributed by atoms with Crippen molar-refractivity contribution < 1.29 is 9.47 Å². The van der Waals surface area contributed by atoms with Gasteiger partial charge in [-0.05, 0) is 81.1 Å². The lowest BCUT2D eigenvalue weighted by Crippen LogP contribution is -2.30. The van der Waals surface area contributed by atoms with Crippen LogP contribution in [0.5, 0.6) is 11.5 Å². The highest BCUT2D eigenvalue weighted by molar-refractivity contribution is 5.81. The quantitative estimate of drug-likeness (QED) is 0.524. The van der Waals surface area contributed by atoms with Crippen molar-refractivity contribution in [1.29, 1.82) is 0 Å². The molecule has 0 bridgehead atoms. The van der Waals surface area contributed by atoms with E-state index in [-0.39, 0.29) is 5.69 Å². The maximum atomic E-state index is 13.0. The van der Waals surface area contributed by atoms with Crippen LogP contribution in [0.25, 0.3) is 11.4 Å². The molecule has 2 heterocycles. The van der Waals surface area contributed by atoms with Crippen LogP contribution in [0.3, 0.4) is 0 Å². The van der Waals surface area contributed by atoms with E-state index in [1.807, 2.05) is 55.5 Å². The lowest BCUT2D eigenvalue weighted by Gasteiger charge is -2.18. The largest absolute Gasteiger partial charge is 0.492 e. The van der Waals surface area contributed by atoms with Crippen LogP contribution in [0.2, 0.25) is 0 Å². The van der Waals surface area contributed by atoms with Crippen molar-refractivity contribution in [3.63, 3.8) is 0 Å². The Labute approximate surface area is 193 Å². The Balaban J connectivity index is 1.22. The molecule has 7 heteroatoms. The number of aromatic nitrogens is 2. The van der Waals surface area contributed by atoms with Gasteiger partial charge in [-0.25, -0.2) is 4.79 Å². The number of nitrogens with zero attached hydrogens (tertiary/aromatic N) is 4. The zero-order valence-electron chi connectivity index (χ0n) is 19.0. The summed E-state index contributed by atoms with van der Waals surface area (Å²) in [7, 11) is 0. The average Bonchev–Trinajstić information content (AvgIpc) is 3.58. The maximum Gasteiger partial charge on any atom is 0.337 e. The van der Waals surface area contributed by atoms with E-state index in [9.17, 15) is 4.79 Å². The second-order valence-electron chi connectivity index (χ2n) is 8.60. The highest BCUT2D eigenvalue weighted by Gasteiger charge is 2.16. The number of aliphatic imine (C=N–C) groups is 1. The van der Waals surface area contributed by atoms with E-state index in [4.69, 9.17) is 9.47 Å². The Bertz CT molecular complexity index is 1160. The van der Waals surface area contributed by atoms with Crippen LogP contribution < -0.4 is 15.2 Å². The van der Waals surface area contributed by atoms with Gasteiger partial charge in [0.15, 0.2) is 0 Å². The summed E-state index contributed by atoms with van der Waals surface area (Å²) in [6.45, 7) is 5.29. The van der Waals surface area contributed by atoms with Gasteiger partial charge in [0.25, 0.3) is 0 Å². The zero-order chi connectivity index (χ0) is 22.6. The molecule has 172 valence electrons. The molecular weight excluding hydrogens is 416 g/mol. The molecule has 7 nitrogen and oxygen atoms in total. The van der Waals surface area contributed by atoms with Gasteiger partial charge in [0, 0.05) is 18.9 Å². The Morgan fingerprint density at radius 2 is 1.52 bits per heavy atom. The molecule has 0 amide bonds. The van der Waals surface area contributed by atoms with Crippen LogP contribution >= 0.6 is 0 Å². The molecule has 0 saturated heterocycles. The molecule has 2 aromatic carbocycles. The van der Waals surface area contributed by atoms with Crippen LogP contribution in [0, 0.1) is 0 Å². The van der Waals surface area contributed by atoms with Gasteiger partial charge in [-0.2, -0.15) is 0 Å². The minimum absolute atomic E-state index is 0.114. The van der Waals surface area contributed by atoms with Gasteiger partial charge in [0.2, 0.25) is 0 Å². The van der Waals surface area contributed by atoms with E-state index in [0.29, 0.717) is 12.7 Å². The van der Waals surface area contributed by atoms with Crippen LogP contribution in [-0.4, -0.2) is 52.2 Å². The molecule has 1 fully saturated rings. The van der Waals surface area contributed by atoms with Crippen LogP contribution in [0.1, 0.15) is 32.6 Å². The summed E-state index contributed by atoms with van der Waals surface area (Å²) in [5, 5.41) is 0. The fraction of sp³-hybridized carbons (Fsp3) is 0.385. The molecular formula is C26H30N4O3. The number of ether oxygens (including phenoxy) is 2. The lowest BCUT2D eigenvalue weighted by atomic mass is 10.2. The normalized spacial score (nSPS) is 16.3. The van der Waals surface area contributed by atoms with Crippen molar-refractivity contribution in [2.75, 3.05) is 26.2 Å². The third kappa shape index (κ3) is 4.82. The highest BCUT2D eigenvalue weighted by atomic mass is 16.5. The van der Waals surface area contributed by atoms with E-state index in [1.165, 1.54) is 12.8 Å². The first-order valence-electron chi connectivity index (χ1n) is 11.7. The molecule has 0 unspecified atom stereocenters. The van der Waals surface area contributed by atoms with Gasteiger partial charge in [-0.3, -0.25) is 14.1 Å². The molecule has 33 heavy (non-hydrogen) atoms. The predicted octanol–water partition coefficient (Wildman–Crippen LogP) is 4.06. The number of amidine groups is 1. The van der Waals surface area contributed by atoms with Crippen molar-refractivity contribution in [3.05, 3.63) is 71.4 Å². The first-order valence-corrected chi connectivity index (χ1v) is 11.7. The van der Waals surface area contributed by atoms with E-state index >= 15 is 0 Å². The smallest absolute Gasteiger partial charge is 0.337 e. The molecule has 1 aliphatic carbocycles. The van der Waals surface area contributed by atoms with Crippen LogP contribution in [-0.2, 0) is 0 Å². The van der Waals surface area contributed by atoms with Gasteiger partial charge in [0.05, 0.1) is 36.4 Å². The third-order valence-corrected chi connectivity index (χ3v) is 6.41. The molecule has 0 spiro atoms. The minimum Gasteiger partial charge on any atom is -0.492 e. The standard InChI is InChI=1S/C26H30N4O3/c1-20-27-14-15-28(20)18-19-32-23-10-6-21(7-11-23)29-16-17-30(26(29)31)22-8-12-25(13-9-22)33-24-4-2-3-5-24/h6-13,16-17,24H,2-5,14-15,18-19H2,1H3. The lowest BCUT2D eigenvalue weighted by molar-refractivity contribution is 0.210. The molecule has 5 rings (SSSR count). The highest BCUT2D eigenvalue weighted by Crippen LogP contribution is 2.24. The third-order valence-electron chi connectivity index (χ3n) is 6.41. The van der Waals surface area contributed by atoms with E-state index in [0.717, 1.165) is 61.2 Å². The second-order valence-corrected chi connectivity index (χ2v) is 8.60. The van der Waals surface area contributed by atoms with Crippen molar-refractivity contribution in [2.45, 2.75) is 38.7 Å². The number of imidazole rings is 1. The zero-order valence-corrected chi connectivity index (χ0v) is 19.0. The first kappa shape index (κ1) is 21.4. The van der Waals surface area contributed by atoms with Crippen molar-refractivity contribution in [3.8, 4) is 22.9 Å². The number of rotatable bonds is 8. The van der Waals surface area contributed by atoms with Crippen LogP contribution in [0.15, 0.2) is 70.7 Å². The summed E-state index contributed by atoms with van der Waals surface area (Å²) in [5.74, 6) is 2.73. The maximum absolute atomic E-state index is 13.0. The van der Waals surface area contributed by atoms with E-state index in [2.05, 4.69) is 9.89 Å². The van der Waals surface area contributed by atoms with Gasteiger partial charge < -0.3 is 14.4 Å². The fourth-order valence-electron chi connectivity index (χ4n) is 4.50. The van der Waals surface area contributed by atoms with Crippen molar-refractivity contribution in [1.82, 2.24) is 14.0 Å². The summed E-state index contributed by atoms with van der Waals surface area (Å²) in [6, 6.07) is 15.4. The number of benzene rings is 2. The topological polar surface area (TPSA) is 61.0 Å². The molecule has 0 atom stereocenters. The Morgan fingerprint density at radius 3 is 2.09 bits per heavy atom. The molecule has 0 N–H and O–H groups in total. The van der Waals surface area contributed by atoms with Crippen molar-refractivity contribution >= 4 is 5.84 Å². The number of hydrogen-bond donors (Lipinski definition) is 0. The van der Waals surface area contributed by atoms with E-state index < -0.39 is 0 Å². The Hall–Kier alpha value is -3.48. The van der Waals surface area contributed by atoms with Crippen LogP contribution in [0.4, 0.5) is 0 Å². The Kier molecular flexibility index (Phi) is 6.19. The molecule has 2 aliphatic rings. The predicted molar refractivity (Wildman–Crippen MR) is 129 cm³/mol. The fourth-order valence-corrected chi connectivity index (χ4v) is 4.50. The Morgan fingerprint density at radius 1 is 0.909 bits per heavy atom. The molecule has 1 aliphatic heterocycles. The van der Waals surface area contributed by atoms with E-state index in [1.54, 1.807) is 21.5 Å². The molecule has 1 aromatic heterocycles. The summed E-state index contributed by atoms with van der Waals surface area (Å²) >= 11 is 0. The molecule has 3 aromatic rings. The minimum atomic E-state index is -0.114. The second kappa shape index (κ2) is 9.57. The summed E-state index contributed by atoms with van der Waals surface area (Å²) in [4.78, 5) is 19.6. The SMILES string of the molecule is CC1=NCCN1CCOc1ccc(-n2ccn(-c3ccc(OC4CCCC4)cc3)c2=O)cc1. The average molecular weight is 447 g/mol. The van der Waals surface area contributed by atoms with Crippen molar-refractivity contribution in [2.24, 2.45) is 4.99 Å². The summed E-state index contributed by atoms with van der Waals surface area (Å²) in [6.07, 6.45) is 8.64. The van der Waals surface area contributed by atoms with Gasteiger partial charge >= 0.3 is 5.69 Å². The van der Waals surface area contributed by atoms with Gasteiger partial charge in [-0.15, -0.1) is 0 Å². The summed E-state index contributed by atoms with van der Waals surface area (Å²) < 4.78 is 15.2. The first-order chi connectivity index (χ1) is 16.2. The number of hydrogen-bond acceptors (Lipinski definition) is 5. The van der Waals surface area contributed by atoms with Gasteiger partial charge in [-0.1, -0.05) is 0 Å². The molecule has 0 radical (unpaired) electrons. The molecule has 1 saturated carbocycles. The summed E-state index contributed by atoms with van der Waals surface area (Å²) in [5.41, 5.74) is 1.50.